The van der Waals surface area contributed by atoms with Crippen molar-refractivity contribution in [3.63, 3.8) is 0 Å². The van der Waals surface area contributed by atoms with Gasteiger partial charge in [0.1, 0.15) is 11.6 Å². The summed E-state index contributed by atoms with van der Waals surface area (Å²) in [6.07, 6.45) is -1.24. The second-order valence-corrected chi connectivity index (χ2v) is 8.46. The summed E-state index contributed by atoms with van der Waals surface area (Å²) in [4.78, 5) is 19.5. The monoisotopic (exact) mass is 498 g/mol. The molecule has 0 saturated heterocycles. The average Bonchev–Trinajstić information content (AvgIpc) is 3.27. The van der Waals surface area contributed by atoms with Crippen LogP contribution in [0, 0.1) is 5.92 Å². The van der Waals surface area contributed by atoms with E-state index in [-0.39, 0.29) is 17.4 Å². The zero-order valence-electron chi connectivity index (χ0n) is 19.7. The fraction of sp³-hybridized carbons (Fsp3) is 0.280. The summed E-state index contributed by atoms with van der Waals surface area (Å²) < 4.78 is 47.1. The van der Waals surface area contributed by atoms with Gasteiger partial charge in [-0.15, -0.1) is 0 Å². The maximum atomic E-state index is 13.3. The second-order valence-electron chi connectivity index (χ2n) is 8.46. The predicted molar refractivity (Wildman–Crippen MR) is 129 cm³/mol. The number of aromatic nitrogens is 4. The molecule has 0 atom stereocenters. The number of nitrogens with one attached hydrogen (secondary N) is 1. The van der Waals surface area contributed by atoms with Crippen LogP contribution < -0.4 is 15.8 Å². The minimum Gasteiger partial charge on any atom is -0.494 e. The number of imidazole rings is 1. The summed E-state index contributed by atoms with van der Waals surface area (Å²) in [5, 5.41) is 7.42. The SMILES string of the molecule is CC(C)C(=O)NCCCOc1ccc(-c2ccc3ncc(-c4cnc(N)c(C(F)(F)F)c4)n3n2)cc1. The van der Waals surface area contributed by atoms with Crippen LogP contribution in [0.1, 0.15) is 25.8 Å². The summed E-state index contributed by atoms with van der Waals surface area (Å²) in [7, 11) is 0. The van der Waals surface area contributed by atoms with Gasteiger partial charge in [0.2, 0.25) is 5.91 Å². The number of anilines is 1. The van der Waals surface area contributed by atoms with Crippen molar-refractivity contribution in [2.45, 2.75) is 26.4 Å². The Labute approximate surface area is 205 Å². The molecular formula is C25H25F3N6O2. The lowest BCUT2D eigenvalue weighted by Gasteiger charge is -2.11. The molecule has 0 aliphatic carbocycles. The molecule has 0 spiro atoms. The Bertz CT molecular complexity index is 1370. The topological polar surface area (TPSA) is 107 Å². The van der Waals surface area contributed by atoms with Gasteiger partial charge < -0.3 is 15.8 Å². The molecule has 11 heteroatoms. The van der Waals surface area contributed by atoms with Crippen molar-refractivity contribution in [2.75, 3.05) is 18.9 Å². The fourth-order valence-electron chi connectivity index (χ4n) is 3.47. The summed E-state index contributed by atoms with van der Waals surface area (Å²) in [6, 6.07) is 11.8. The lowest BCUT2D eigenvalue weighted by Crippen LogP contribution is -2.29. The average molecular weight is 499 g/mol. The predicted octanol–water partition coefficient (Wildman–Crippen LogP) is 4.60. The summed E-state index contributed by atoms with van der Waals surface area (Å²) >= 11 is 0. The highest BCUT2D eigenvalue weighted by atomic mass is 19.4. The Hall–Kier alpha value is -4.15. The van der Waals surface area contributed by atoms with E-state index in [2.05, 4.69) is 20.4 Å². The van der Waals surface area contributed by atoms with E-state index in [4.69, 9.17) is 10.5 Å². The first-order chi connectivity index (χ1) is 17.1. The number of nitrogen functional groups attached to an aromatic ring is 1. The van der Waals surface area contributed by atoms with Gasteiger partial charge in [-0.1, -0.05) is 13.8 Å². The number of carbonyl (C=O) groups excluding carboxylic acids is 1. The summed E-state index contributed by atoms with van der Waals surface area (Å²) in [6.45, 7) is 4.68. The molecule has 0 aliphatic heterocycles. The molecule has 0 aliphatic rings. The molecule has 1 aromatic carbocycles. The van der Waals surface area contributed by atoms with Gasteiger partial charge in [0.05, 0.1) is 29.8 Å². The molecule has 1 amide bonds. The van der Waals surface area contributed by atoms with Crippen molar-refractivity contribution in [3.05, 3.63) is 60.4 Å². The number of nitrogens with zero attached hydrogens (tertiary/aromatic N) is 4. The standard InChI is InChI=1S/C25H25F3N6O2/c1-15(2)24(35)30-10-3-11-36-18-6-4-16(5-7-18)20-8-9-22-31-14-21(34(22)33-20)17-12-19(25(26,27)28)23(29)32-13-17/h4-9,12-15H,3,10-11H2,1-2H3,(H2,29,32)(H,30,35). The first-order valence-corrected chi connectivity index (χ1v) is 11.3. The summed E-state index contributed by atoms with van der Waals surface area (Å²) in [5.41, 5.74) is 6.84. The van der Waals surface area contributed by atoms with Gasteiger partial charge in [0, 0.05) is 29.8 Å². The molecule has 0 unspecified atom stereocenters. The number of carbonyl (C=O) groups is 1. The van der Waals surface area contributed by atoms with Crippen molar-refractivity contribution in [3.8, 4) is 28.3 Å². The van der Waals surface area contributed by atoms with Gasteiger partial charge in [-0.3, -0.25) is 4.79 Å². The quantitative estimate of drug-likeness (QED) is 0.344. The van der Waals surface area contributed by atoms with Crippen LogP contribution in [0.3, 0.4) is 0 Å². The van der Waals surface area contributed by atoms with E-state index in [1.165, 1.54) is 16.9 Å². The molecule has 3 heterocycles. The third-order valence-corrected chi connectivity index (χ3v) is 5.45. The number of fused-ring (bicyclic) bond motifs is 1. The molecule has 4 rings (SSSR count). The smallest absolute Gasteiger partial charge is 0.419 e. The second kappa shape index (κ2) is 10.2. The number of benzene rings is 1. The van der Waals surface area contributed by atoms with E-state index >= 15 is 0 Å². The molecule has 3 N–H and O–H groups in total. The number of hydrogen-bond acceptors (Lipinski definition) is 6. The maximum Gasteiger partial charge on any atom is 0.419 e. The number of pyridine rings is 1. The van der Waals surface area contributed by atoms with Gasteiger partial charge in [0.15, 0.2) is 5.65 Å². The number of alkyl halides is 3. The molecule has 0 fully saturated rings. The zero-order valence-corrected chi connectivity index (χ0v) is 19.7. The molecular weight excluding hydrogens is 473 g/mol. The highest BCUT2D eigenvalue weighted by Gasteiger charge is 2.34. The number of rotatable bonds is 8. The number of halogens is 3. The molecule has 0 radical (unpaired) electrons. The highest BCUT2D eigenvalue weighted by molar-refractivity contribution is 5.77. The van der Waals surface area contributed by atoms with Crippen LogP contribution in [0.5, 0.6) is 5.75 Å². The molecule has 8 nitrogen and oxygen atoms in total. The van der Waals surface area contributed by atoms with E-state index in [1.54, 1.807) is 12.1 Å². The highest BCUT2D eigenvalue weighted by Crippen LogP contribution is 2.35. The first-order valence-electron chi connectivity index (χ1n) is 11.3. The first kappa shape index (κ1) is 25.0. The van der Waals surface area contributed by atoms with E-state index in [9.17, 15) is 18.0 Å². The van der Waals surface area contributed by atoms with Gasteiger partial charge in [-0.25, -0.2) is 14.5 Å². The lowest BCUT2D eigenvalue weighted by molar-refractivity contribution is -0.137. The van der Waals surface area contributed by atoms with Gasteiger partial charge >= 0.3 is 6.18 Å². The van der Waals surface area contributed by atoms with Crippen LogP contribution in [-0.4, -0.2) is 38.6 Å². The van der Waals surface area contributed by atoms with Crippen LogP contribution in [0.2, 0.25) is 0 Å². The molecule has 0 saturated carbocycles. The Balaban J connectivity index is 1.49. The Morgan fingerprint density at radius 2 is 1.83 bits per heavy atom. The normalized spacial score (nSPS) is 11.7. The molecule has 0 bridgehead atoms. The minimum absolute atomic E-state index is 0.0123. The van der Waals surface area contributed by atoms with Gasteiger partial charge in [0.25, 0.3) is 0 Å². The van der Waals surface area contributed by atoms with Crippen molar-refractivity contribution in [1.29, 1.82) is 0 Å². The summed E-state index contributed by atoms with van der Waals surface area (Å²) in [5.74, 6) is 0.0471. The number of ether oxygens (including phenoxy) is 1. The Kier molecular flexibility index (Phi) is 7.09. The van der Waals surface area contributed by atoms with Crippen LogP contribution in [0.15, 0.2) is 54.9 Å². The fourth-order valence-corrected chi connectivity index (χ4v) is 3.47. The lowest BCUT2D eigenvalue weighted by atomic mass is 10.1. The van der Waals surface area contributed by atoms with Crippen molar-refractivity contribution in [1.82, 2.24) is 24.9 Å². The molecule has 4 aromatic rings. The molecule has 36 heavy (non-hydrogen) atoms. The van der Waals surface area contributed by atoms with Crippen LogP contribution >= 0.6 is 0 Å². The number of amides is 1. The van der Waals surface area contributed by atoms with Crippen LogP contribution in [0.25, 0.3) is 28.2 Å². The maximum absolute atomic E-state index is 13.3. The third kappa shape index (κ3) is 5.56. The van der Waals surface area contributed by atoms with Crippen molar-refractivity contribution < 1.29 is 22.7 Å². The molecule has 3 aromatic heterocycles. The minimum atomic E-state index is -4.63. The zero-order chi connectivity index (χ0) is 25.9. The number of nitrogens with two attached hydrogens (primary N) is 1. The van der Waals surface area contributed by atoms with E-state index in [0.717, 1.165) is 11.6 Å². The molecule has 188 valence electrons. The van der Waals surface area contributed by atoms with E-state index < -0.39 is 17.6 Å². The van der Waals surface area contributed by atoms with E-state index in [1.807, 2.05) is 38.1 Å². The van der Waals surface area contributed by atoms with Gasteiger partial charge in [-0.05, 0) is 48.9 Å². The van der Waals surface area contributed by atoms with Crippen LogP contribution in [0.4, 0.5) is 19.0 Å². The Morgan fingerprint density at radius 3 is 2.53 bits per heavy atom. The Morgan fingerprint density at radius 1 is 1.08 bits per heavy atom. The third-order valence-electron chi connectivity index (χ3n) is 5.45. The van der Waals surface area contributed by atoms with Crippen molar-refractivity contribution in [2.24, 2.45) is 5.92 Å². The van der Waals surface area contributed by atoms with Gasteiger partial charge in [-0.2, -0.15) is 18.3 Å². The van der Waals surface area contributed by atoms with E-state index in [0.29, 0.717) is 42.4 Å². The van der Waals surface area contributed by atoms with Crippen LogP contribution in [-0.2, 0) is 11.0 Å². The largest absolute Gasteiger partial charge is 0.494 e. The number of hydrogen-bond donors (Lipinski definition) is 2. The van der Waals surface area contributed by atoms with Crippen molar-refractivity contribution >= 4 is 17.4 Å².